The van der Waals surface area contributed by atoms with Crippen LogP contribution in [-0.4, -0.2) is 22.0 Å². The van der Waals surface area contributed by atoms with Crippen molar-refractivity contribution in [2.24, 2.45) is 0 Å². The van der Waals surface area contributed by atoms with E-state index < -0.39 is 17.5 Å². The van der Waals surface area contributed by atoms with Gasteiger partial charge in [0.15, 0.2) is 5.76 Å². The van der Waals surface area contributed by atoms with Gasteiger partial charge in [-0.15, -0.1) is 0 Å². The molecule has 0 aliphatic carbocycles. The number of ketones is 1. The highest BCUT2D eigenvalue weighted by molar-refractivity contribution is 6.06. The Hall–Kier alpha value is -2.82. The SMILES string of the molecule is O=C(O)/C(O)=C/C(=O)c1cc(Cc2ccccc2)co1. The number of carboxylic acids is 1. The van der Waals surface area contributed by atoms with Crippen LogP contribution in [-0.2, 0) is 11.2 Å². The summed E-state index contributed by atoms with van der Waals surface area (Å²) in [6.07, 6.45) is 2.66. The number of aliphatic hydroxyl groups is 1. The standard InChI is InChI=1S/C15H12O5/c16-12(8-13(17)15(18)19)14-7-11(9-20-14)6-10-4-2-1-3-5-10/h1-5,7-9,17H,6H2,(H,18,19)/b13-8-. The van der Waals surface area contributed by atoms with Gasteiger partial charge >= 0.3 is 5.97 Å². The number of furan rings is 1. The van der Waals surface area contributed by atoms with E-state index in [1.807, 2.05) is 30.3 Å². The Labute approximate surface area is 114 Å². The summed E-state index contributed by atoms with van der Waals surface area (Å²) in [5.41, 5.74) is 1.86. The zero-order valence-corrected chi connectivity index (χ0v) is 10.4. The lowest BCUT2D eigenvalue weighted by molar-refractivity contribution is -0.135. The van der Waals surface area contributed by atoms with Crippen LogP contribution >= 0.6 is 0 Å². The normalized spacial score (nSPS) is 11.3. The summed E-state index contributed by atoms with van der Waals surface area (Å²) in [5.74, 6) is -3.28. The second-order valence-electron chi connectivity index (χ2n) is 4.18. The van der Waals surface area contributed by atoms with Crippen LogP contribution in [0.1, 0.15) is 21.7 Å². The third kappa shape index (κ3) is 3.35. The van der Waals surface area contributed by atoms with Gasteiger partial charge in [-0.05, 0) is 17.2 Å². The molecule has 1 aromatic heterocycles. The van der Waals surface area contributed by atoms with Gasteiger partial charge in [0.1, 0.15) is 0 Å². The lowest BCUT2D eigenvalue weighted by Crippen LogP contribution is -2.03. The largest absolute Gasteiger partial charge is 0.502 e. The Kier molecular flexibility index (Phi) is 4.00. The fourth-order valence-corrected chi connectivity index (χ4v) is 1.69. The fraction of sp³-hybridized carbons (Fsp3) is 0.0667. The van der Waals surface area contributed by atoms with Crippen LogP contribution in [0.5, 0.6) is 0 Å². The van der Waals surface area contributed by atoms with Gasteiger partial charge in [-0.1, -0.05) is 30.3 Å². The molecular weight excluding hydrogens is 260 g/mol. The van der Waals surface area contributed by atoms with Gasteiger partial charge in [0.2, 0.25) is 11.5 Å². The average molecular weight is 272 g/mol. The van der Waals surface area contributed by atoms with Crippen molar-refractivity contribution in [3.63, 3.8) is 0 Å². The number of hydrogen-bond donors (Lipinski definition) is 2. The van der Waals surface area contributed by atoms with Crippen molar-refractivity contribution >= 4 is 11.8 Å². The molecule has 0 spiro atoms. The maximum Gasteiger partial charge on any atom is 0.371 e. The zero-order valence-electron chi connectivity index (χ0n) is 10.4. The molecule has 2 N–H and O–H groups in total. The topological polar surface area (TPSA) is 87.7 Å². The van der Waals surface area contributed by atoms with Crippen LogP contribution in [0.25, 0.3) is 0 Å². The Bertz CT molecular complexity index is 652. The van der Waals surface area contributed by atoms with Crippen molar-refractivity contribution in [2.75, 3.05) is 0 Å². The number of aliphatic hydroxyl groups excluding tert-OH is 1. The molecule has 2 aromatic rings. The molecule has 0 bridgehead atoms. The Morgan fingerprint density at radius 1 is 1.10 bits per heavy atom. The highest BCUT2D eigenvalue weighted by Gasteiger charge is 2.13. The molecule has 5 heteroatoms. The summed E-state index contributed by atoms with van der Waals surface area (Å²) in [6.45, 7) is 0. The van der Waals surface area contributed by atoms with E-state index in [1.54, 1.807) is 0 Å². The monoisotopic (exact) mass is 272 g/mol. The molecule has 0 saturated carbocycles. The molecule has 5 nitrogen and oxygen atoms in total. The first-order valence-corrected chi connectivity index (χ1v) is 5.86. The zero-order chi connectivity index (χ0) is 14.5. The van der Waals surface area contributed by atoms with Crippen molar-refractivity contribution < 1.29 is 24.2 Å². The van der Waals surface area contributed by atoms with Gasteiger partial charge in [0.05, 0.1) is 6.26 Å². The number of carboxylic acid groups (broad SMARTS) is 1. The summed E-state index contributed by atoms with van der Waals surface area (Å²) in [6, 6.07) is 11.2. The van der Waals surface area contributed by atoms with E-state index in [9.17, 15) is 9.59 Å². The Morgan fingerprint density at radius 2 is 1.80 bits per heavy atom. The van der Waals surface area contributed by atoms with E-state index in [0.29, 0.717) is 12.5 Å². The smallest absolute Gasteiger partial charge is 0.371 e. The molecule has 0 aliphatic rings. The lowest BCUT2D eigenvalue weighted by atomic mass is 10.1. The van der Waals surface area contributed by atoms with Gasteiger partial charge in [0, 0.05) is 12.5 Å². The molecule has 102 valence electrons. The number of rotatable bonds is 5. The van der Waals surface area contributed by atoms with Gasteiger partial charge in [-0.25, -0.2) is 4.79 Å². The molecule has 0 saturated heterocycles. The van der Waals surface area contributed by atoms with E-state index >= 15 is 0 Å². The Balaban J connectivity index is 2.11. The minimum absolute atomic E-state index is 0.0104. The number of benzene rings is 1. The fourth-order valence-electron chi connectivity index (χ4n) is 1.69. The minimum Gasteiger partial charge on any atom is -0.502 e. The third-order valence-electron chi connectivity index (χ3n) is 2.63. The summed E-state index contributed by atoms with van der Waals surface area (Å²) in [5, 5.41) is 17.5. The lowest BCUT2D eigenvalue weighted by Gasteiger charge is -1.96. The van der Waals surface area contributed by atoms with Gasteiger partial charge in [0.25, 0.3) is 0 Å². The van der Waals surface area contributed by atoms with Crippen molar-refractivity contribution in [1.82, 2.24) is 0 Å². The quantitative estimate of drug-likeness (QED) is 0.496. The van der Waals surface area contributed by atoms with E-state index in [1.165, 1.54) is 12.3 Å². The van der Waals surface area contributed by atoms with Crippen LogP contribution < -0.4 is 0 Å². The molecule has 2 rings (SSSR count). The minimum atomic E-state index is -1.56. The summed E-state index contributed by atoms with van der Waals surface area (Å²) >= 11 is 0. The summed E-state index contributed by atoms with van der Waals surface area (Å²) in [7, 11) is 0. The molecular formula is C15H12O5. The van der Waals surface area contributed by atoms with Crippen LogP contribution in [0.2, 0.25) is 0 Å². The maximum absolute atomic E-state index is 11.6. The van der Waals surface area contributed by atoms with Gasteiger partial charge in [-0.3, -0.25) is 4.79 Å². The van der Waals surface area contributed by atoms with Crippen LogP contribution in [0.3, 0.4) is 0 Å². The van der Waals surface area contributed by atoms with Crippen molar-refractivity contribution in [3.05, 3.63) is 71.4 Å². The van der Waals surface area contributed by atoms with Gasteiger partial charge in [-0.2, -0.15) is 0 Å². The first-order chi connectivity index (χ1) is 9.56. The number of carbonyl (C=O) groups excluding carboxylic acids is 1. The van der Waals surface area contributed by atoms with E-state index in [0.717, 1.165) is 11.1 Å². The van der Waals surface area contributed by atoms with Crippen molar-refractivity contribution in [2.45, 2.75) is 6.42 Å². The first kappa shape index (κ1) is 13.6. The summed E-state index contributed by atoms with van der Waals surface area (Å²) < 4.78 is 5.08. The Morgan fingerprint density at radius 3 is 2.45 bits per heavy atom. The number of carbonyl (C=O) groups is 2. The van der Waals surface area contributed by atoms with Crippen molar-refractivity contribution in [3.8, 4) is 0 Å². The molecule has 0 radical (unpaired) electrons. The molecule has 1 heterocycles. The van der Waals surface area contributed by atoms with Gasteiger partial charge < -0.3 is 14.6 Å². The van der Waals surface area contributed by atoms with Crippen LogP contribution in [0, 0.1) is 0 Å². The third-order valence-corrected chi connectivity index (χ3v) is 2.63. The number of allylic oxidation sites excluding steroid dienone is 1. The molecule has 0 unspecified atom stereocenters. The predicted octanol–water partition coefficient (Wildman–Crippen LogP) is 2.58. The highest BCUT2D eigenvalue weighted by Crippen LogP contribution is 2.14. The van der Waals surface area contributed by atoms with E-state index in [-0.39, 0.29) is 5.76 Å². The maximum atomic E-state index is 11.6. The molecule has 0 atom stereocenters. The second kappa shape index (κ2) is 5.88. The molecule has 0 aliphatic heterocycles. The second-order valence-corrected chi connectivity index (χ2v) is 4.18. The summed E-state index contributed by atoms with van der Waals surface area (Å²) in [4.78, 5) is 22.0. The first-order valence-electron chi connectivity index (χ1n) is 5.86. The van der Waals surface area contributed by atoms with E-state index in [4.69, 9.17) is 14.6 Å². The predicted molar refractivity (Wildman–Crippen MR) is 70.6 cm³/mol. The van der Waals surface area contributed by atoms with Crippen molar-refractivity contribution in [1.29, 1.82) is 0 Å². The molecule has 0 fully saturated rings. The highest BCUT2D eigenvalue weighted by atomic mass is 16.4. The molecule has 1 aromatic carbocycles. The number of aliphatic carboxylic acids is 1. The molecule has 20 heavy (non-hydrogen) atoms. The average Bonchev–Trinajstić information content (AvgIpc) is 2.88. The number of hydrogen-bond acceptors (Lipinski definition) is 4. The molecule has 0 amide bonds. The van der Waals surface area contributed by atoms with Crippen LogP contribution in [0.4, 0.5) is 0 Å². The van der Waals surface area contributed by atoms with E-state index in [2.05, 4.69) is 0 Å². The van der Waals surface area contributed by atoms with Crippen LogP contribution in [0.15, 0.2) is 58.9 Å².